The lowest BCUT2D eigenvalue weighted by atomic mass is 10.4. The van der Waals surface area contributed by atoms with E-state index in [-0.39, 0.29) is 5.91 Å². The summed E-state index contributed by atoms with van der Waals surface area (Å²) < 4.78 is 0. The Balaban J connectivity index is 1.58. The van der Waals surface area contributed by atoms with Gasteiger partial charge in [-0.1, -0.05) is 0 Å². The highest BCUT2D eigenvalue weighted by molar-refractivity contribution is 5.86. The summed E-state index contributed by atoms with van der Waals surface area (Å²) in [5.41, 5.74) is 0. The van der Waals surface area contributed by atoms with E-state index < -0.39 is 0 Å². The van der Waals surface area contributed by atoms with Crippen LogP contribution in [-0.2, 0) is 4.79 Å². The minimum atomic E-state index is 0.0469. The number of guanidine groups is 1. The van der Waals surface area contributed by atoms with Gasteiger partial charge in [-0.15, -0.1) is 0 Å². The van der Waals surface area contributed by atoms with E-state index in [1.807, 2.05) is 0 Å². The summed E-state index contributed by atoms with van der Waals surface area (Å²) in [7, 11) is 1.72. The van der Waals surface area contributed by atoms with Crippen molar-refractivity contribution in [3.8, 4) is 0 Å². The lowest BCUT2D eigenvalue weighted by Gasteiger charge is -2.10. The van der Waals surface area contributed by atoms with E-state index in [0.717, 1.165) is 18.4 Å². The molecule has 0 radical (unpaired) electrons. The lowest BCUT2D eigenvalue weighted by molar-refractivity contribution is -0.120. The van der Waals surface area contributed by atoms with Crippen LogP contribution in [0, 0.1) is 5.92 Å². The minimum Gasteiger partial charge on any atom is -0.354 e. The molecule has 5 nitrogen and oxygen atoms in total. The fourth-order valence-electron chi connectivity index (χ4n) is 1.42. The zero-order valence-corrected chi connectivity index (χ0v) is 9.75. The molecule has 0 heterocycles. The van der Waals surface area contributed by atoms with E-state index in [4.69, 9.17) is 0 Å². The van der Waals surface area contributed by atoms with E-state index in [0.29, 0.717) is 12.6 Å². The van der Waals surface area contributed by atoms with Crippen molar-refractivity contribution in [2.24, 2.45) is 10.9 Å². The Bertz CT molecular complexity index is 282. The number of amides is 1. The quantitative estimate of drug-likeness (QED) is 0.449. The second kappa shape index (κ2) is 5.18. The number of hydrogen-bond acceptors (Lipinski definition) is 2. The van der Waals surface area contributed by atoms with Gasteiger partial charge < -0.3 is 16.0 Å². The summed E-state index contributed by atoms with van der Waals surface area (Å²) in [5, 5.41) is 9.15. The second-order valence-corrected chi connectivity index (χ2v) is 4.59. The van der Waals surface area contributed by atoms with Gasteiger partial charge >= 0.3 is 0 Å². The van der Waals surface area contributed by atoms with E-state index in [9.17, 15) is 4.79 Å². The molecule has 0 spiro atoms. The first-order valence-corrected chi connectivity index (χ1v) is 6.02. The summed E-state index contributed by atoms with van der Waals surface area (Å²) in [5.74, 6) is 1.50. The van der Waals surface area contributed by atoms with Crippen LogP contribution in [0.5, 0.6) is 0 Å². The predicted molar refractivity (Wildman–Crippen MR) is 63.3 cm³/mol. The summed E-state index contributed by atoms with van der Waals surface area (Å²) >= 11 is 0. The minimum absolute atomic E-state index is 0.0469. The van der Waals surface area contributed by atoms with E-state index in [1.54, 1.807) is 7.05 Å². The number of carbonyl (C=O) groups is 1. The number of nitrogens with one attached hydrogen (secondary N) is 3. The van der Waals surface area contributed by atoms with Gasteiger partial charge in [-0.25, -0.2) is 0 Å². The van der Waals surface area contributed by atoms with Crippen LogP contribution < -0.4 is 16.0 Å². The highest BCUT2D eigenvalue weighted by Crippen LogP contribution is 2.27. The van der Waals surface area contributed by atoms with Gasteiger partial charge in [-0.3, -0.25) is 9.79 Å². The summed E-state index contributed by atoms with van der Waals surface area (Å²) in [6.45, 7) is 1.13. The van der Waals surface area contributed by atoms with Gasteiger partial charge in [-0.05, 0) is 31.6 Å². The molecule has 2 rings (SSSR count). The molecule has 0 aromatic heterocycles. The Morgan fingerprint density at radius 3 is 2.56 bits per heavy atom. The number of nitrogens with zero attached hydrogens (tertiary/aromatic N) is 1. The first kappa shape index (κ1) is 11.2. The van der Waals surface area contributed by atoms with Gasteiger partial charge in [0, 0.05) is 19.6 Å². The summed E-state index contributed by atoms with van der Waals surface area (Å²) in [4.78, 5) is 15.5. The van der Waals surface area contributed by atoms with Crippen LogP contribution in [0.15, 0.2) is 4.99 Å². The van der Waals surface area contributed by atoms with Gasteiger partial charge in [-0.2, -0.15) is 0 Å². The molecule has 5 heteroatoms. The Morgan fingerprint density at radius 1 is 1.25 bits per heavy atom. The molecular formula is C11H20N4O. The van der Waals surface area contributed by atoms with Crippen molar-refractivity contribution in [2.75, 3.05) is 20.1 Å². The van der Waals surface area contributed by atoms with Crippen molar-refractivity contribution in [3.63, 3.8) is 0 Å². The molecule has 16 heavy (non-hydrogen) atoms. The van der Waals surface area contributed by atoms with Crippen LogP contribution in [0.1, 0.15) is 25.7 Å². The van der Waals surface area contributed by atoms with Crippen LogP contribution in [0.4, 0.5) is 0 Å². The van der Waals surface area contributed by atoms with Crippen LogP contribution >= 0.6 is 0 Å². The molecule has 0 atom stereocenters. The molecule has 2 saturated carbocycles. The van der Waals surface area contributed by atoms with E-state index >= 15 is 0 Å². The molecule has 0 aliphatic heterocycles. The second-order valence-electron chi connectivity index (χ2n) is 4.59. The number of hydrogen-bond donors (Lipinski definition) is 3. The molecule has 2 aliphatic carbocycles. The smallest absolute Gasteiger partial charge is 0.239 e. The third-order valence-electron chi connectivity index (χ3n) is 2.84. The maximum atomic E-state index is 11.4. The Hall–Kier alpha value is -1.26. The first-order valence-electron chi connectivity index (χ1n) is 6.02. The molecular weight excluding hydrogens is 204 g/mol. The average molecular weight is 224 g/mol. The normalized spacial score (nSPS) is 20.4. The van der Waals surface area contributed by atoms with Gasteiger partial charge in [0.1, 0.15) is 0 Å². The molecule has 0 aromatic rings. The van der Waals surface area contributed by atoms with Crippen molar-refractivity contribution in [3.05, 3.63) is 0 Å². The molecule has 0 unspecified atom stereocenters. The first-order chi connectivity index (χ1) is 7.78. The number of rotatable bonds is 5. The third-order valence-corrected chi connectivity index (χ3v) is 2.84. The van der Waals surface area contributed by atoms with Crippen LogP contribution in [0.2, 0.25) is 0 Å². The molecule has 0 saturated heterocycles. The highest BCUT2D eigenvalue weighted by atomic mass is 16.1. The summed E-state index contributed by atoms with van der Waals surface area (Å²) in [6.07, 6.45) is 4.93. The Labute approximate surface area is 96.1 Å². The fourth-order valence-corrected chi connectivity index (χ4v) is 1.42. The van der Waals surface area contributed by atoms with Gasteiger partial charge in [0.2, 0.25) is 5.91 Å². The van der Waals surface area contributed by atoms with Crippen LogP contribution in [0.3, 0.4) is 0 Å². The standard InChI is InChI=1S/C11H20N4O/c1-12-11(15-9-4-5-9)14-7-10(16)13-6-8-2-3-8/h8-9H,2-7H2,1H3,(H,13,16)(H2,12,14,15). The fraction of sp³-hybridized carbons (Fsp3) is 0.818. The topological polar surface area (TPSA) is 65.5 Å². The molecule has 90 valence electrons. The van der Waals surface area contributed by atoms with Crippen molar-refractivity contribution >= 4 is 11.9 Å². The maximum Gasteiger partial charge on any atom is 0.239 e. The maximum absolute atomic E-state index is 11.4. The molecule has 1 amide bonds. The monoisotopic (exact) mass is 224 g/mol. The number of aliphatic imine (C=N–C) groups is 1. The van der Waals surface area contributed by atoms with Crippen LogP contribution in [-0.4, -0.2) is 38.0 Å². The molecule has 2 fully saturated rings. The lowest BCUT2D eigenvalue weighted by Crippen LogP contribution is -2.44. The van der Waals surface area contributed by atoms with Gasteiger partial charge in [0.25, 0.3) is 0 Å². The zero-order chi connectivity index (χ0) is 11.4. The third kappa shape index (κ3) is 4.08. The molecule has 3 N–H and O–H groups in total. The van der Waals surface area contributed by atoms with Crippen LogP contribution in [0.25, 0.3) is 0 Å². The van der Waals surface area contributed by atoms with E-state index in [2.05, 4.69) is 20.9 Å². The number of carbonyl (C=O) groups excluding carboxylic acids is 1. The SMILES string of the molecule is CN=C(NCC(=O)NCC1CC1)NC1CC1. The van der Waals surface area contributed by atoms with Crippen molar-refractivity contribution in [1.82, 2.24) is 16.0 Å². The zero-order valence-electron chi connectivity index (χ0n) is 9.75. The van der Waals surface area contributed by atoms with Gasteiger partial charge in [0.05, 0.1) is 6.54 Å². The Morgan fingerprint density at radius 2 is 2.00 bits per heavy atom. The van der Waals surface area contributed by atoms with Crippen molar-refractivity contribution < 1.29 is 4.79 Å². The van der Waals surface area contributed by atoms with Crippen molar-refractivity contribution in [2.45, 2.75) is 31.7 Å². The molecule has 2 aliphatic rings. The summed E-state index contributed by atoms with van der Waals surface area (Å²) in [6, 6.07) is 0.556. The molecule has 0 aromatic carbocycles. The predicted octanol–water partition coefficient (Wildman–Crippen LogP) is -0.160. The van der Waals surface area contributed by atoms with Gasteiger partial charge in [0.15, 0.2) is 5.96 Å². The Kier molecular flexibility index (Phi) is 3.64. The molecule has 0 bridgehead atoms. The van der Waals surface area contributed by atoms with E-state index in [1.165, 1.54) is 25.7 Å². The van der Waals surface area contributed by atoms with Crippen molar-refractivity contribution in [1.29, 1.82) is 0 Å². The average Bonchev–Trinajstić information content (AvgIpc) is 3.15. The highest BCUT2D eigenvalue weighted by Gasteiger charge is 2.23. The largest absolute Gasteiger partial charge is 0.354 e.